The minimum atomic E-state index is -1.18. The molecule has 172 valence electrons. The van der Waals surface area contributed by atoms with Crippen LogP contribution in [0.4, 0.5) is 0 Å². The highest BCUT2D eigenvalue weighted by Crippen LogP contribution is 2.35. The maximum Gasteiger partial charge on any atom is 0.337 e. The highest BCUT2D eigenvalue weighted by Gasteiger charge is 2.21. The first kappa shape index (κ1) is 23.5. The molecule has 9 nitrogen and oxygen atoms in total. The molecule has 0 atom stereocenters. The summed E-state index contributed by atoms with van der Waals surface area (Å²) in [7, 11) is 4.55. The quantitative estimate of drug-likeness (QED) is 0.493. The van der Waals surface area contributed by atoms with Crippen LogP contribution in [0.5, 0.6) is 17.2 Å². The van der Waals surface area contributed by atoms with E-state index in [1.807, 2.05) is 6.92 Å². The minimum Gasteiger partial charge on any atom is -0.493 e. The third-order valence-electron chi connectivity index (χ3n) is 5.20. The molecule has 1 heterocycles. The van der Waals surface area contributed by atoms with Crippen molar-refractivity contribution in [2.24, 2.45) is 0 Å². The van der Waals surface area contributed by atoms with E-state index in [0.717, 1.165) is 6.20 Å². The van der Waals surface area contributed by atoms with Crippen LogP contribution < -0.4 is 14.2 Å². The van der Waals surface area contributed by atoms with Gasteiger partial charge in [0.2, 0.25) is 5.78 Å². The summed E-state index contributed by atoms with van der Waals surface area (Å²) in [6, 6.07) is 9.42. The van der Waals surface area contributed by atoms with E-state index in [-0.39, 0.29) is 29.3 Å². The first-order valence-electron chi connectivity index (χ1n) is 10.1. The largest absolute Gasteiger partial charge is 0.493 e. The number of ether oxygens (including phenoxy) is 3. The molecule has 2 aromatic carbocycles. The van der Waals surface area contributed by atoms with Crippen molar-refractivity contribution in [3.8, 4) is 17.2 Å². The maximum atomic E-state index is 13.3. The Morgan fingerprint density at radius 2 is 1.70 bits per heavy atom. The van der Waals surface area contributed by atoms with Gasteiger partial charge in [0, 0.05) is 36.1 Å². The Morgan fingerprint density at radius 1 is 1.03 bits per heavy atom. The van der Waals surface area contributed by atoms with Crippen LogP contribution in [0.1, 0.15) is 33.3 Å². The molecule has 0 bridgehead atoms. The van der Waals surface area contributed by atoms with Crippen LogP contribution in [0, 0.1) is 0 Å². The summed E-state index contributed by atoms with van der Waals surface area (Å²) in [6.45, 7) is 2.25. The van der Waals surface area contributed by atoms with E-state index in [1.54, 1.807) is 25.2 Å². The Kier molecular flexibility index (Phi) is 7.12. The zero-order valence-corrected chi connectivity index (χ0v) is 18.7. The van der Waals surface area contributed by atoms with Crippen molar-refractivity contribution in [3.05, 3.63) is 59.4 Å². The third kappa shape index (κ3) is 4.87. The summed E-state index contributed by atoms with van der Waals surface area (Å²) < 4.78 is 16.1. The van der Waals surface area contributed by atoms with Gasteiger partial charge >= 0.3 is 5.97 Å². The molecule has 9 heteroatoms. The second-order valence-electron chi connectivity index (χ2n) is 7.13. The zero-order chi connectivity index (χ0) is 24.1. The van der Waals surface area contributed by atoms with Crippen LogP contribution in [-0.2, 0) is 4.79 Å². The summed E-state index contributed by atoms with van der Waals surface area (Å²) in [4.78, 5) is 42.7. The van der Waals surface area contributed by atoms with E-state index in [4.69, 9.17) is 14.2 Å². The van der Waals surface area contributed by atoms with Gasteiger partial charge in [-0.25, -0.2) is 4.79 Å². The molecule has 3 rings (SSSR count). The van der Waals surface area contributed by atoms with Crippen LogP contribution in [0.15, 0.2) is 42.6 Å². The number of hydrogen-bond acceptors (Lipinski definition) is 7. The fourth-order valence-corrected chi connectivity index (χ4v) is 3.21. The number of methoxy groups -OCH3 is 2. The SMILES string of the molecule is CCN(C)C(=O)COc1cccc(C(=O)c2ncc(C(=O)O)c3cc(OC)c(OC)cc23)c1. The van der Waals surface area contributed by atoms with Crippen molar-refractivity contribution in [1.29, 1.82) is 0 Å². The number of ketones is 1. The summed E-state index contributed by atoms with van der Waals surface area (Å²) in [5.74, 6) is -0.799. The lowest BCUT2D eigenvalue weighted by Gasteiger charge is -2.15. The molecule has 1 aromatic heterocycles. The number of carboxylic acid groups (broad SMARTS) is 1. The molecule has 0 aliphatic rings. The number of benzene rings is 2. The predicted molar refractivity (Wildman–Crippen MR) is 120 cm³/mol. The molecule has 0 radical (unpaired) electrons. The number of carboxylic acids is 1. The van der Waals surface area contributed by atoms with E-state index in [2.05, 4.69) is 4.98 Å². The molecule has 0 spiro atoms. The lowest BCUT2D eigenvalue weighted by atomic mass is 9.99. The summed E-state index contributed by atoms with van der Waals surface area (Å²) in [5, 5.41) is 10.2. The number of amides is 1. The highest BCUT2D eigenvalue weighted by atomic mass is 16.5. The lowest BCUT2D eigenvalue weighted by molar-refractivity contribution is -0.131. The highest BCUT2D eigenvalue weighted by molar-refractivity contribution is 6.18. The Morgan fingerprint density at radius 3 is 2.30 bits per heavy atom. The van der Waals surface area contributed by atoms with Crippen LogP contribution in [0.2, 0.25) is 0 Å². The molecular weight excluding hydrogens is 428 g/mol. The number of fused-ring (bicyclic) bond motifs is 1. The normalized spacial score (nSPS) is 10.5. The van der Waals surface area contributed by atoms with E-state index < -0.39 is 11.8 Å². The fourth-order valence-electron chi connectivity index (χ4n) is 3.21. The molecule has 1 N–H and O–H groups in total. The van der Waals surface area contributed by atoms with Gasteiger partial charge in [-0.2, -0.15) is 0 Å². The van der Waals surface area contributed by atoms with E-state index in [0.29, 0.717) is 34.6 Å². The van der Waals surface area contributed by atoms with Crippen molar-refractivity contribution >= 4 is 28.4 Å². The van der Waals surface area contributed by atoms with Crippen molar-refractivity contribution in [2.75, 3.05) is 34.4 Å². The Balaban J connectivity index is 2.03. The number of rotatable bonds is 9. The number of aromatic nitrogens is 1. The molecule has 3 aromatic rings. The predicted octanol–water partition coefficient (Wildman–Crippen LogP) is 3.04. The van der Waals surface area contributed by atoms with Gasteiger partial charge in [-0.05, 0) is 31.2 Å². The first-order valence-corrected chi connectivity index (χ1v) is 10.1. The third-order valence-corrected chi connectivity index (χ3v) is 5.20. The number of carbonyl (C=O) groups is 3. The monoisotopic (exact) mass is 452 g/mol. The molecule has 0 aliphatic carbocycles. The second-order valence-corrected chi connectivity index (χ2v) is 7.13. The second kappa shape index (κ2) is 9.99. The molecule has 0 saturated carbocycles. The Hall–Kier alpha value is -4.14. The summed E-state index contributed by atoms with van der Waals surface area (Å²) in [6.07, 6.45) is 1.14. The Labute approximate surface area is 190 Å². The van der Waals surface area contributed by atoms with E-state index in [9.17, 15) is 19.5 Å². The van der Waals surface area contributed by atoms with Crippen molar-refractivity contribution in [1.82, 2.24) is 9.88 Å². The van der Waals surface area contributed by atoms with Gasteiger partial charge in [-0.1, -0.05) is 12.1 Å². The van der Waals surface area contributed by atoms with Crippen LogP contribution in [-0.4, -0.2) is 67.1 Å². The number of carbonyl (C=O) groups excluding carboxylic acids is 2. The van der Waals surface area contributed by atoms with Gasteiger partial charge in [0.05, 0.1) is 19.8 Å². The topological polar surface area (TPSA) is 115 Å². The van der Waals surface area contributed by atoms with Crippen LogP contribution >= 0.6 is 0 Å². The van der Waals surface area contributed by atoms with Crippen LogP contribution in [0.3, 0.4) is 0 Å². The van der Waals surface area contributed by atoms with Crippen molar-refractivity contribution < 1.29 is 33.7 Å². The number of pyridine rings is 1. The average molecular weight is 452 g/mol. The number of likely N-dealkylation sites (N-methyl/N-ethyl adjacent to an activating group) is 1. The fraction of sp³-hybridized carbons (Fsp3) is 0.250. The van der Waals surface area contributed by atoms with Crippen molar-refractivity contribution in [3.63, 3.8) is 0 Å². The smallest absolute Gasteiger partial charge is 0.337 e. The van der Waals surface area contributed by atoms with Gasteiger partial charge in [-0.15, -0.1) is 0 Å². The van der Waals surface area contributed by atoms with Crippen molar-refractivity contribution in [2.45, 2.75) is 6.92 Å². The van der Waals surface area contributed by atoms with E-state index >= 15 is 0 Å². The van der Waals surface area contributed by atoms with Gasteiger partial charge < -0.3 is 24.2 Å². The maximum absolute atomic E-state index is 13.3. The molecule has 33 heavy (non-hydrogen) atoms. The molecule has 1 amide bonds. The molecule has 0 fully saturated rings. The Bertz CT molecular complexity index is 1220. The molecule has 0 saturated heterocycles. The van der Waals surface area contributed by atoms with Gasteiger partial charge in [0.25, 0.3) is 5.91 Å². The molecule has 0 aliphatic heterocycles. The van der Waals surface area contributed by atoms with Crippen LogP contribution in [0.25, 0.3) is 10.8 Å². The number of aromatic carboxylic acids is 1. The zero-order valence-electron chi connectivity index (χ0n) is 18.7. The summed E-state index contributed by atoms with van der Waals surface area (Å²) in [5.41, 5.74) is 0.253. The lowest BCUT2D eigenvalue weighted by Crippen LogP contribution is -2.31. The minimum absolute atomic E-state index is 0.0508. The standard InChI is InChI=1S/C24H24N2O7/c1-5-26(2)21(27)13-33-15-8-6-7-14(9-15)23(28)22-17-11-20(32-4)19(31-3)10-16(17)18(12-25-22)24(29)30/h6-12H,5,13H2,1-4H3,(H,29,30). The average Bonchev–Trinajstić information content (AvgIpc) is 2.84. The molecule has 0 unspecified atom stereocenters. The van der Waals surface area contributed by atoms with Gasteiger partial charge in [0.15, 0.2) is 18.1 Å². The van der Waals surface area contributed by atoms with E-state index in [1.165, 1.54) is 37.3 Å². The first-order chi connectivity index (χ1) is 15.8. The van der Waals surface area contributed by atoms with Gasteiger partial charge in [-0.3, -0.25) is 14.6 Å². The molecular formula is C24H24N2O7. The summed E-state index contributed by atoms with van der Waals surface area (Å²) >= 11 is 0. The number of nitrogens with zero attached hydrogens (tertiary/aromatic N) is 2. The number of hydrogen-bond donors (Lipinski definition) is 1. The van der Waals surface area contributed by atoms with Gasteiger partial charge in [0.1, 0.15) is 11.4 Å².